The van der Waals surface area contributed by atoms with Gasteiger partial charge in [0.15, 0.2) is 0 Å². The molecule has 0 radical (unpaired) electrons. The van der Waals surface area contributed by atoms with E-state index in [1.165, 1.54) is 0 Å². The van der Waals surface area contributed by atoms with E-state index in [0.717, 1.165) is 29.3 Å². The summed E-state index contributed by atoms with van der Waals surface area (Å²) in [5.41, 5.74) is 0. The van der Waals surface area contributed by atoms with Crippen LogP contribution in [0.1, 0.15) is 12.8 Å². The minimum absolute atomic E-state index is 0.684. The summed E-state index contributed by atoms with van der Waals surface area (Å²) in [4.78, 5) is 0. The van der Waals surface area contributed by atoms with Crippen molar-refractivity contribution in [3.63, 3.8) is 0 Å². The van der Waals surface area contributed by atoms with Crippen LogP contribution in [-0.4, -0.2) is 37.0 Å². The average molecular weight is 220 g/mol. The highest BCUT2D eigenvalue weighted by Crippen LogP contribution is 2.01. The van der Waals surface area contributed by atoms with E-state index in [4.69, 9.17) is 5.26 Å². The Labute approximate surface area is 77.5 Å². The van der Waals surface area contributed by atoms with Gasteiger partial charge in [0.1, 0.15) is 0 Å². The molecule has 0 heterocycles. The zero-order valence-electron chi connectivity index (χ0n) is 7.31. The maximum atomic E-state index is 8.33. The Kier molecular flexibility index (Phi) is 5.53. The third-order valence-electron chi connectivity index (χ3n) is 1.74. The maximum absolute atomic E-state index is 8.33. The molecule has 0 amide bonds. The lowest BCUT2D eigenvalue weighted by atomic mass is 10.3. The van der Waals surface area contributed by atoms with Gasteiger partial charge in [0.2, 0.25) is 0 Å². The molecule has 0 rings (SSSR count). The highest BCUT2D eigenvalue weighted by Gasteiger charge is 2.12. The summed E-state index contributed by atoms with van der Waals surface area (Å²) in [5.74, 6) is 0. The van der Waals surface area contributed by atoms with Crippen molar-refractivity contribution in [3.05, 3.63) is 0 Å². The summed E-state index contributed by atoms with van der Waals surface area (Å²) in [6, 6.07) is 2.16. The van der Waals surface area contributed by atoms with Crippen LogP contribution in [-0.2, 0) is 0 Å². The fraction of sp³-hybridized carbons (Fsp3) is 0.875. The van der Waals surface area contributed by atoms with E-state index in [9.17, 15) is 0 Å². The topological polar surface area (TPSA) is 23.8 Å². The predicted octanol–water partition coefficient (Wildman–Crippen LogP) is 1.76. The normalized spacial score (nSPS) is 11.1. The molecule has 11 heavy (non-hydrogen) atoms. The Morgan fingerprint density at radius 3 is 2.45 bits per heavy atom. The molecule has 0 aliphatic carbocycles. The third-order valence-corrected chi connectivity index (χ3v) is 2.10. The van der Waals surface area contributed by atoms with E-state index in [1.54, 1.807) is 0 Å². The molecular formula is C8H16BrN2+. The van der Waals surface area contributed by atoms with E-state index in [2.05, 4.69) is 36.1 Å². The molecule has 0 atom stereocenters. The fourth-order valence-corrected chi connectivity index (χ4v) is 1.89. The number of halogens is 1. The number of nitriles is 1. The fourth-order valence-electron chi connectivity index (χ4n) is 0.927. The van der Waals surface area contributed by atoms with Gasteiger partial charge in [0, 0.05) is 12.8 Å². The minimum atomic E-state index is 0.684. The Morgan fingerprint density at radius 1 is 1.36 bits per heavy atom. The lowest BCUT2D eigenvalue weighted by Gasteiger charge is -2.28. The van der Waals surface area contributed by atoms with Crippen LogP contribution in [0.15, 0.2) is 0 Å². The Morgan fingerprint density at radius 2 is 2.00 bits per heavy atom. The van der Waals surface area contributed by atoms with Crippen LogP contribution in [0, 0.1) is 11.3 Å². The van der Waals surface area contributed by atoms with Crippen molar-refractivity contribution in [2.45, 2.75) is 12.8 Å². The Hall–Kier alpha value is -0.0700. The van der Waals surface area contributed by atoms with Crippen molar-refractivity contribution in [1.82, 2.24) is 0 Å². The highest BCUT2D eigenvalue weighted by atomic mass is 79.9. The van der Waals surface area contributed by atoms with Gasteiger partial charge in [0.05, 0.1) is 38.6 Å². The summed E-state index contributed by atoms with van der Waals surface area (Å²) >= 11 is 3.41. The van der Waals surface area contributed by atoms with Gasteiger partial charge in [-0.25, -0.2) is 0 Å². The molecule has 0 saturated carbocycles. The van der Waals surface area contributed by atoms with Gasteiger partial charge in [-0.05, 0) is 0 Å². The second-order valence-electron chi connectivity index (χ2n) is 3.33. The summed E-state index contributed by atoms with van der Waals surface area (Å²) in [7, 11) is 4.39. The number of rotatable bonds is 5. The first kappa shape index (κ1) is 10.9. The van der Waals surface area contributed by atoms with Crippen LogP contribution in [0.5, 0.6) is 0 Å². The quantitative estimate of drug-likeness (QED) is 0.393. The zero-order valence-corrected chi connectivity index (χ0v) is 8.89. The molecule has 0 aliphatic heterocycles. The average Bonchev–Trinajstić information content (AvgIpc) is 1.87. The van der Waals surface area contributed by atoms with Crippen molar-refractivity contribution in [2.75, 3.05) is 32.5 Å². The number of nitrogens with zero attached hydrogens (tertiary/aromatic N) is 2. The number of alkyl halides is 1. The van der Waals surface area contributed by atoms with Gasteiger partial charge in [-0.1, -0.05) is 15.9 Å². The van der Waals surface area contributed by atoms with E-state index >= 15 is 0 Å². The van der Waals surface area contributed by atoms with Crippen LogP contribution < -0.4 is 0 Å². The largest absolute Gasteiger partial charge is 0.328 e. The first-order valence-electron chi connectivity index (χ1n) is 3.87. The predicted molar refractivity (Wildman–Crippen MR) is 50.5 cm³/mol. The molecular weight excluding hydrogens is 204 g/mol. The molecule has 0 bridgehead atoms. The van der Waals surface area contributed by atoms with Crippen LogP contribution >= 0.6 is 15.9 Å². The number of hydrogen-bond acceptors (Lipinski definition) is 1. The van der Waals surface area contributed by atoms with E-state index < -0.39 is 0 Å². The number of quaternary nitrogens is 1. The van der Waals surface area contributed by atoms with Gasteiger partial charge in [0.25, 0.3) is 0 Å². The standard InChI is InChI=1S/C8H16BrN2/c1-11(2,8-5-9)7-4-3-6-10/h3-5,7-8H2,1-2H3/q+1. The zero-order chi connectivity index (χ0) is 8.74. The first-order chi connectivity index (χ1) is 5.12. The Bertz CT molecular complexity index is 138. The molecule has 0 aromatic rings. The van der Waals surface area contributed by atoms with Crippen molar-refractivity contribution in [3.8, 4) is 6.07 Å². The van der Waals surface area contributed by atoms with Crippen LogP contribution in [0.3, 0.4) is 0 Å². The second kappa shape index (κ2) is 5.56. The molecule has 0 spiro atoms. The molecule has 0 aliphatic rings. The summed E-state index contributed by atoms with van der Waals surface area (Å²) in [6.45, 7) is 2.23. The highest BCUT2D eigenvalue weighted by molar-refractivity contribution is 9.09. The van der Waals surface area contributed by atoms with E-state index in [0.29, 0.717) is 6.42 Å². The van der Waals surface area contributed by atoms with Gasteiger partial charge >= 0.3 is 0 Å². The van der Waals surface area contributed by atoms with Crippen molar-refractivity contribution < 1.29 is 4.48 Å². The molecule has 3 heteroatoms. The molecule has 0 unspecified atom stereocenters. The van der Waals surface area contributed by atoms with E-state index in [-0.39, 0.29) is 0 Å². The maximum Gasteiger partial charge on any atom is 0.0880 e. The minimum Gasteiger partial charge on any atom is -0.328 e. The monoisotopic (exact) mass is 219 g/mol. The number of unbranched alkanes of at least 4 members (excludes halogenated alkanes) is 1. The molecule has 64 valence electrons. The lowest BCUT2D eigenvalue weighted by Crippen LogP contribution is -2.41. The third kappa shape index (κ3) is 6.33. The summed E-state index contributed by atoms with van der Waals surface area (Å²) in [6.07, 6.45) is 1.69. The summed E-state index contributed by atoms with van der Waals surface area (Å²) < 4.78 is 1.01. The van der Waals surface area contributed by atoms with E-state index in [1.807, 2.05) is 0 Å². The molecule has 0 aromatic heterocycles. The van der Waals surface area contributed by atoms with Gasteiger partial charge in [-0.3, -0.25) is 0 Å². The lowest BCUT2D eigenvalue weighted by molar-refractivity contribution is -0.887. The smallest absolute Gasteiger partial charge is 0.0880 e. The molecule has 0 fully saturated rings. The second-order valence-corrected chi connectivity index (χ2v) is 4.13. The number of hydrogen-bond donors (Lipinski definition) is 0. The van der Waals surface area contributed by atoms with Crippen molar-refractivity contribution in [1.29, 1.82) is 5.26 Å². The van der Waals surface area contributed by atoms with Crippen LogP contribution in [0.2, 0.25) is 0 Å². The van der Waals surface area contributed by atoms with Crippen molar-refractivity contribution >= 4 is 15.9 Å². The van der Waals surface area contributed by atoms with Crippen LogP contribution in [0.25, 0.3) is 0 Å². The van der Waals surface area contributed by atoms with Crippen LogP contribution in [0.4, 0.5) is 0 Å². The molecule has 0 aromatic carbocycles. The SMILES string of the molecule is C[N+](C)(CCBr)CCCC#N. The molecule has 0 N–H and O–H groups in total. The summed E-state index contributed by atoms with van der Waals surface area (Å²) in [5, 5.41) is 9.36. The first-order valence-corrected chi connectivity index (χ1v) is 4.99. The van der Waals surface area contributed by atoms with Crippen molar-refractivity contribution in [2.24, 2.45) is 0 Å². The van der Waals surface area contributed by atoms with Gasteiger partial charge in [-0.15, -0.1) is 0 Å². The Balaban J connectivity index is 3.48. The molecule has 0 saturated heterocycles. The van der Waals surface area contributed by atoms with Gasteiger partial charge < -0.3 is 4.48 Å². The molecule has 2 nitrogen and oxygen atoms in total. The van der Waals surface area contributed by atoms with Gasteiger partial charge in [-0.2, -0.15) is 5.26 Å².